The zero-order chi connectivity index (χ0) is 19.3. The second-order valence-corrected chi connectivity index (χ2v) is 7.24. The quantitative estimate of drug-likeness (QED) is 0.583. The molecule has 1 amide bonds. The van der Waals surface area contributed by atoms with E-state index in [4.69, 9.17) is 4.74 Å². The lowest BCUT2D eigenvalue weighted by Gasteiger charge is -2.16. The van der Waals surface area contributed by atoms with Crippen molar-refractivity contribution in [3.63, 3.8) is 0 Å². The molecule has 0 saturated heterocycles. The molecule has 0 aliphatic carbocycles. The Morgan fingerprint density at radius 3 is 2.35 bits per heavy atom. The molecule has 1 heterocycles. The first kappa shape index (κ1) is 19.8. The number of esters is 1. The molecule has 26 heavy (non-hydrogen) atoms. The van der Waals surface area contributed by atoms with Crippen LogP contribution in [-0.2, 0) is 14.3 Å². The van der Waals surface area contributed by atoms with Crippen LogP contribution in [0.4, 0.5) is 5.69 Å². The molecule has 6 heteroatoms. The number of hydrogen-bond acceptors (Lipinski definition) is 5. The van der Waals surface area contributed by atoms with E-state index in [1.807, 2.05) is 38.3 Å². The maximum atomic E-state index is 12.3. The second-order valence-electron chi connectivity index (χ2n) is 6.30. The molecule has 1 aromatic carbocycles. The van der Waals surface area contributed by atoms with E-state index in [9.17, 15) is 14.4 Å². The molecule has 0 unspecified atom stereocenters. The van der Waals surface area contributed by atoms with Crippen LogP contribution in [0.3, 0.4) is 0 Å². The number of aryl methyl sites for hydroxylation is 3. The van der Waals surface area contributed by atoms with E-state index in [1.54, 1.807) is 12.1 Å². The van der Waals surface area contributed by atoms with Gasteiger partial charge in [0.2, 0.25) is 0 Å². The van der Waals surface area contributed by atoms with E-state index in [1.165, 1.54) is 18.3 Å². The van der Waals surface area contributed by atoms with Gasteiger partial charge in [-0.3, -0.25) is 14.4 Å². The number of amides is 1. The fourth-order valence-corrected chi connectivity index (χ4v) is 3.38. The summed E-state index contributed by atoms with van der Waals surface area (Å²) < 4.78 is 5.16. The summed E-state index contributed by atoms with van der Waals surface area (Å²) in [5, 5.41) is 4.63. The Labute approximate surface area is 157 Å². The number of ketones is 1. The summed E-state index contributed by atoms with van der Waals surface area (Å²) >= 11 is 1.34. The number of hydrogen-bond donors (Lipinski definition) is 1. The van der Waals surface area contributed by atoms with Gasteiger partial charge in [-0.15, -0.1) is 11.3 Å². The lowest BCUT2D eigenvalue weighted by atomic mass is 10.0. The van der Waals surface area contributed by atoms with Crippen LogP contribution < -0.4 is 5.32 Å². The fourth-order valence-electron chi connectivity index (χ4n) is 2.69. The third-order valence-corrected chi connectivity index (χ3v) is 4.87. The van der Waals surface area contributed by atoms with Crippen molar-refractivity contribution in [3.05, 3.63) is 51.2 Å². The minimum atomic E-state index is -0.931. The summed E-state index contributed by atoms with van der Waals surface area (Å²) in [6, 6.07) is 7.48. The van der Waals surface area contributed by atoms with Crippen molar-refractivity contribution in [2.24, 2.45) is 0 Å². The monoisotopic (exact) mass is 373 g/mol. The van der Waals surface area contributed by atoms with Crippen molar-refractivity contribution < 1.29 is 19.1 Å². The average molecular weight is 373 g/mol. The molecule has 0 fully saturated rings. The van der Waals surface area contributed by atoms with Crippen LogP contribution in [0.15, 0.2) is 29.6 Å². The predicted octanol–water partition coefficient (Wildman–Crippen LogP) is 4.21. The van der Waals surface area contributed by atoms with E-state index in [0.29, 0.717) is 4.88 Å². The van der Waals surface area contributed by atoms with Gasteiger partial charge in [0, 0.05) is 12.1 Å². The van der Waals surface area contributed by atoms with Gasteiger partial charge in [-0.1, -0.05) is 23.8 Å². The highest BCUT2D eigenvalue weighted by molar-refractivity contribution is 7.12. The first-order valence-electron chi connectivity index (χ1n) is 8.43. The van der Waals surface area contributed by atoms with E-state index < -0.39 is 18.0 Å². The van der Waals surface area contributed by atoms with Gasteiger partial charge in [0.1, 0.15) is 0 Å². The average Bonchev–Trinajstić information content (AvgIpc) is 3.10. The maximum Gasteiger partial charge on any atom is 0.307 e. The molecule has 0 radical (unpaired) electrons. The molecular formula is C20H23NO4S. The second kappa shape index (κ2) is 8.76. The highest BCUT2D eigenvalue weighted by Gasteiger charge is 2.20. The largest absolute Gasteiger partial charge is 0.453 e. The van der Waals surface area contributed by atoms with Gasteiger partial charge in [0.25, 0.3) is 5.91 Å². The van der Waals surface area contributed by atoms with Gasteiger partial charge < -0.3 is 10.1 Å². The minimum absolute atomic E-state index is 0.0447. The Morgan fingerprint density at radius 1 is 1.12 bits per heavy atom. The lowest BCUT2D eigenvalue weighted by molar-refractivity contribution is -0.153. The highest BCUT2D eigenvalue weighted by Crippen LogP contribution is 2.22. The predicted molar refractivity (Wildman–Crippen MR) is 103 cm³/mol. The van der Waals surface area contributed by atoms with Gasteiger partial charge in [-0.2, -0.15) is 0 Å². The van der Waals surface area contributed by atoms with Gasteiger partial charge in [0.05, 0.1) is 11.3 Å². The van der Waals surface area contributed by atoms with Crippen LogP contribution in [-0.4, -0.2) is 23.8 Å². The van der Waals surface area contributed by atoms with Gasteiger partial charge in [-0.05, 0) is 50.3 Å². The summed E-state index contributed by atoms with van der Waals surface area (Å²) in [7, 11) is 0. The summed E-state index contributed by atoms with van der Waals surface area (Å²) in [6.07, 6.45) is -0.902. The first-order valence-corrected chi connectivity index (χ1v) is 9.30. The third-order valence-electron chi connectivity index (χ3n) is 3.95. The number of thiophene rings is 1. The summed E-state index contributed by atoms with van der Waals surface area (Å²) in [6.45, 7) is 7.35. The number of benzene rings is 1. The van der Waals surface area contributed by atoms with Crippen molar-refractivity contribution in [2.75, 3.05) is 5.32 Å². The molecule has 0 bridgehead atoms. The number of rotatable bonds is 7. The van der Waals surface area contributed by atoms with Crippen molar-refractivity contribution in [1.82, 2.24) is 0 Å². The minimum Gasteiger partial charge on any atom is -0.453 e. The van der Waals surface area contributed by atoms with Crippen LogP contribution in [0.2, 0.25) is 0 Å². The Bertz CT molecular complexity index is 788. The first-order chi connectivity index (χ1) is 12.3. The number of carbonyl (C=O) groups excluding carboxylic acids is 3. The number of anilines is 1. The molecule has 0 saturated carbocycles. The zero-order valence-corrected chi connectivity index (χ0v) is 16.2. The van der Waals surface area contributed by atoms with Crippen molar-refractivity contribution in [3.8, 4) is 0 Å². The normalized spacial score (nSPS) is 11.7. The number of nitrogens with one attached hydrogen (secondary N) is 1. The molecule has 1 aromatic heterocycles. The van der Waals surface area contributed by atoms with E-state index in [-0.39, 0.29) is 18.6 Å². The van der Waals surface area contributed by atoms with Crippen molar-refractivity contribution >= 4 is 34.7 Å². The van der Waals surface area contributed by atoms with Gasteiger partial charge >= 0.3 is 5.97 Å². The summed E-state index contributed by atoms with van der Waals surface area (Å²) in [5.74, 6) is -1.05. The van der Waals surface area contributed by atoms with E-state index in [2.05, 4.69) is 5.32 Å². The van der Waals surface area contributed by atoms with Crippen molar-refractivity contribution in [1.29, 1.82) is 0 Å². The van der Waals surface area contributed by atoms with E-state index in [0.717, 1.165) is 22.4 Å². The van der Waals surface area contributed by atoms with E-state index >= 15 is 0 Å². The number of carbonyl (C=O) groups is 3. The Kier molecular flexibility index (Phi) is 6.69. The van der Waals surface area contributed by atoms with Crippen LogP contribution >= 0.6 is 11.3 Å². The molecular weight excluding hydrogens is 350 g/mol. The third kappa shape index (κ3) is 5.26. The SMILES string of the molecule is Cc1cc(C)c(NC(=O)[C@H](C)OC(=O)CCC(=O)c2cccs2)c(C)c1. The molecule has 138 valence electrons. The highest BCUT2D eigenvalue weighted by atomic mass is 32.1. The van der Waals surface area contributed by atoms with Crippen LogP contribution in [0.25, 0.3) is 0 Å². The molecule has 1 N–H and O–H groups in total. The van der Waals surface area contributed by atoms with Crippen LogP contribution in [0.5, 0.6) is 0 Å². The Balaban J connectivity index is 1.86. The topological polar surface area (TPSA) is 72.5 Å². The summed E-state index contributed by atoms with van der Waals surface area (Å²) in [4.78, 5) is 36.7. The van der Waals surface area contributed by atoms with Gasteiger partial charge in [0.15, 0.2) is 11.9 Å². The lowest BCUT2D eigenvalue weighted by Crippen LogP contribution is -2.30. The standard InChI is InChI=1S/C20H23NO4S/c1-12-10-13(2)19(14(3)11-12)21-20(24)15(4)25-18(23)8-7-16(22)17-6-5-9-26-17/h5-6,9-11,15H,7-8H2,1-4H3,(H,21,24)/t15-/m0/s1. The van der Waals surface area contributed by atoms with Crippen LogP contribution in [0, 0.1) is 20.8 Å². The molecule has 0 aliphatic heterocycles. The molecule has 1 atom stereocenters. The van der Waals surface area contributed by atoms with Crippen LogP contribution in [0.1, 0.15) is 46.1 Å². The van der Waals surface area contributed by atoms with Gasteiger partial charge in [-0.25, -0.2) is 0 Å². The molecule has 2 aromatic rings. The number of ether oxygens (including phenoxy) is 1. The molecule has 0 aliphatic rings. The summed E-state index contributed by atoms with van der Waals surface area (Å²) in [5.41, 5.74) is 3.76. The Hall–Kier alpha value is -2.47. The zero-order valence-electron chi connectivity index (χ0n) is 15.4. The fraction of sp³-hybridized carbons (Fsp3) is 0.350. The number of Topliss-reactive ketones (excluding diaryl/α,β-unsaturated/α-hetero) is 1. The van der Waals surface area contributed by atoms with Crippen molar-refractivity contribution in [2.45, 2.75) is 46.6 Å². The molecule has 2 rings (SSSR count). The molecule has 0 spiro atoms. The molecule has 5 nitrogen and oxygen atoms in total. The maximum absolute atomic E-state index is 12.3. The Morgan fingerprint density at radius 2 is 1.77 bits per heavy atom. The smallest absolute Gasteiger partial charge is 0.307 e.